The number of aliphatic imine (C=N–C) groups is 1. The van der Waals surface area contributed by atoms with Crippen LogP contribution in [0.5, 0.6) is 5.75 Å². The topological polar surface area (TPSA) is 50.7 Å². The van der Waals surface area contributed by atoms with Gasteiger partial charge in [-0.15, -0.1) is 0 Å². The van der Waals surface area contributed by atoms with Crippen LogP contribution in [0.2, 0.25) is 10.0 Å². The molecule has 0 fully saturated rings. The first-order chi connectivity index (χ1) is 11.9. The van der Waals surface area contributed by atoms with Crippen LogP contribution in [-0.4, -0.2) is 17.8 Å². The second-order valence-electron chi connectivity index (χ2n) is 5.80. The van der Waals surface area contributed by atoms with Crippen molar-refractivity contribution in [2.75, 3.05) is 0 Å². The fourth-order valence-corrected chi connectivity index (χ4v) is 2.85. The van der Waals surface area contributed by atoms with Crippen molar-refractivity contribution in [3.8, 4) is 5.75 Å². The number of carbonyl (C=O) groups excluding carboxylic acids is 1. The summed E-state index contributed by atoms with van der Waals surface area (Å²) in [5.41, 5.74) is 1.80. The zero-order valence-corrected chi connectivity index (χ0v) is 15.2. The Balaban J connectivity index is 1.85. The summed E-state index contributed by atoms with van der Waals surface area (Å²) in [6.07, 6.45) is 1.83. The number of hydrogen-bond acceptors (Lipinski definition) is 3. The molecule has 25 heavy (non-hydrogen) atoms. The van der Waals surface area contributed by atoms with Gasteiger partial charge in [0.15, 0.2) is 0 Å². The van der Waals surface area contributed by atoms with Gasteiger partial charge in [-0.2, -0.15) is 0 Å². The summed E-state index contributed by atoms with van der Waals surface area (Å²) >= 11 is 12.1. The van der Waals surface area contributed by atoms with Crippen LogP contribution >= 0.6 is 23.2 Å². The zero-order chi connectivity index (χ0) is 18.0. The Bertz CT molecular complexity index is 871. The van der Waals surface area contributed by atoms with E-state index in [9.17, 15) is 4.79 Å². The monoisotopic (exact) mass is 374 g/mol. The molecule has 0 aromatic heterocycles. The van der Waals surface area contributed by atoms with E-state index in [4.69, 9.17) is 27.9 Å². The first-order valence-corrected chi connectivity index (χ1v) is 8.52. The molecule has 0 saturated carbocycles. The summed E-state index contributed by atoms with van der Waals surface area (Å²) in [6.45, 7) is 3.94. The Morgan fingerprint density at radius 2 is 1.84 bits per heavy atom. The fourth-order valence-electron chi connectivity index (χ4n) is 2.35. The highest BCUT2D eigenvalue weighted by Gasteiger charge is 2.22. The molecule has 1 heterocycles. The number of amides is 1. The van der Waals surface area contributed by atoms with Crippen molar-refractivity contribution in [3.63, 3.8) is 0 Å². The minimum Gasteiger partial charge on any atom is -0.491 e. The molecule has 6 heteroatoms. The van der Waals surface area contributed by atoms with Crippen LogP contribution in [0.3, 0.4) is 0 Å². The van der Waals surface area contributed by atoms with Gasteiger partial charge in [-0.05, 0) is 55.8 Å². The molecule has 0 spiro atoms. The normalized spacial score (nSPS) is 15.5. The second-order valence-corrected chi connectivity index (χ2v) is 6.65. The van der Waals surface area contributed by atoms with Crippen LogP contribution in [0.15, 0.2) is 53.2 Å². The first kappa shape index (κ1) is 17.5. The van der Waals surface area contributed by atoms with E-state index in [1.807, 2.05) is 38.1 Å². The van der Waals surface area contributed by atoms with Crippen molar-refractivity contribution < 1.29 is 9.53 Å². The lowest BCUT2D eigenvalue weighted by molar-refractivity contribution is -0.115. The third-order valence-electron chi connectivity index (χ3n) is 3.44. The summed E-state index contributed by atoms with van der Waals surface area (Å²) < 4.78 is 5.61. The van der Waals surface area contributed by atoms with Crippen LogP contribution in [0.25, 0.3) is 6.08 Å². The van der Waals surface area contributed by atoms with E-state index in [1.54, 1.807) is 24.3 Å². The van der Waals surface area contributed by atoms with Gasteiger partial charge in [0.1, 0.15) is 17.3 Å². The summed E-state index contributed by atoms with van der Waals surface area (Å²) in [4.78, 5) is 16.5. The molecule has 0 aliphatic carbocycles. The van der Waals surface area contributed by atoms with Crippen LogP contribution in [-0.2, 0) is 4.79 Å². The standard InChI is InChI=1S/C19H16Cl2N2O2/c1-11(2)25-14-6-3-12(4-7-14)9-17-19(24)23-18(22-17)15-8-5-13(20)10-16(15)21/h3-11H,1-2H3,(H,22,23,24)/b17-9+. The van der Waals surface area contributed by atoms with Crippen molar-refractivity contribution in [2.45, 2.75) is 20.0 Å². The highest BCUT2D eigenvalue weighted by atomic mass is 35.5. The highest BCUT2D eigenvalue weighted by molar-refractivity contribution is 6.37. The number of carbonyl (C=O) groups is 1. The molecule has 0 radical (unpaired) electrons. The lowest BCUT2D eigenvalue weighted by Gasteiger charge is -2.09. The molecule has 128 valence electrons. The number of rotatable bonds is 4. The number of hydrogen-bond donors (Lipinski definition) is 1. The third-order valence-corrected chi connectivity index (χ3v) is 3.99. The molecular weight excluding hydrogens is 359 g/mol. The van der Waals surface area contributed by atoms with Gasteiger partial charge in [0.05, 0.1) is 11.1 Å². The van der Waals surface area contributed by atoms with E-state index in [-0.39, 0.29) is 12.0 Å². The summed E-state index contributed by atoms with van der Waals surface area (Å²) in [5.74, 6) is 0.923. The number of nitrogens with zero attached hydrogens (tertiary/aromatic N) is 1. The van der Waals surface area contributed by atoms with Gasteiger partial charge in [0.25, 0.3) is 5.91 Å². The number of nitrogens with one attached hydrogen (secondary N) is 1. The summed E-state index contributed by atoms with van der Waals surface area (Å²) in [5, 5.41) is 3.69. The van der Waals surface area contributed by atoms with E-state index in [2.05, 4.69) is 10.3 Å². The average Bonchev–Trinajstić information content (AvgIpc) is 2.89. The minimum atomic E-state index is -0.275. The summed E-state index contributed by atoms with van der Waals surface area (Å²) in [7, 11) is 0. The predicted molar refractivity (Wildman–Crippen MR) is 101 cm³/mol. The molecular formula is C19H16Cl2N2O2. The van der Waals surface area contributed by atoms with Gasteiger partial charge in [0.2, 0.25) is 0 Å². The van der Waals surface area contributed by atoms with Gasteiger partial charge in [-0.3, -0.25) is 4.79 Å². The van der Waals surface area contributed by atoms with Crippen molar-refractivity contribution in [2.24, 2.45) is 4.99 Å². The van der Waals surface area contributed by atoms with Crippen molar-refractivity contribution in [3.05, 3.63) is 69.3 Å². The molecule has 4 nitrogen and oxygen atoms in total. The molecule has 0 unspecified atom stereocenters. The van der Waals surface area contributed by atoms with Gasteiger partial charge in [0, 0.05) is 10.6 Å². The van der Waals surface area contributed by atoms with Gasteiger partial charge < -0.3 is 10.1 Å². The van der Waals surface area contributed by atoms with E-state index in [0.29, 0.717) is 27.1 Å². The SMILES string of the molecule is CC(C)Oc1ccc(/C=C2/N=C(c3ccc(Cl)cc3Cl)NC2=O)cc1. The maximum atomic E-state index is 12.2. The average molecular weight is 375 g/mol. The van der Waals surface area contributed by atoms with Gasteiger partial charge >= 0.3 is 0 Å². The quantitative estimate of drug-likeness (QED) is 0.788. The Morgan fingerprint density at radius 3 is 2.48 bits per heavy atom. The molecule has 0 bridgehead atoms. The van der Waals surface area contributed by atoms with Crippen LogP contribution in [0.1, 0.15) is 25.0 Å². The molecule has 1 aliphatic rings. The Hall–Kier alpha value is -2.30. The number of benzene rings is 2. The lowest BCUT2D eigenvalue weighted by Crippen LogP contribution is -2.24. The number of amidine groups is 1. The van der Waals surface area contributed by atoms with Crippen molar-refractivity contribution in [1.82, 2.24) is 5.32 Å². The first-order valence-electron chi connectivity index (χ1n) is 7.76. The Labute approximate surface area is 156 Å². The maximum Gasteiger partial charge on any atom is 0.275 e. The van der Waals surface area contributed by atoms with Crippen LogP contribution < -0.4 is 10.1 Å². The number of ether oxygens (including phenoxy) is 1. The molecule has 1 amide bonds. The molecule has 3 rings (SSSR count). The second kappa shape index (κ2) is 7.30. The van der Waals surface area contributed by atoms with Gasteiger partial charge in [-0.1, -0.05) is 35.3 Å². The largest absolute Gasteiger partial charge is 0.491 e. The fraction of sp³-hybridized carbons (Fsp3) is 0.158. The Kier molecular flexibility index (Phi) is 5.11. The van der Waals surface area contributed by atoms with Gasteiger partial charge in [-0.25, -0.2) is 4.99 Å². The zero-order valence-electron chi connectivity index (χ0n) is 13.7. The van der Waals surface area contributed by atoms with Crippen LogP contribution in [0, 0.1) is 0 Å². The maximum absolute atomic E-state index is 12.2. The summed E-state index contributed by atoms with van der Waals surface area (Å²) in [6, 6.07) is 12.5. The van der Waals surface area contributed by atoms with E-state index in [1.165, 1.54) is 0 Å². The van der Waals surface area contributed by atoms with Crippen LogP contribution in [0.4, 0.5) is 0 Å². The third kappa shape index (κ3) is 4.21. The number of halogens is 2. The van der Waals surface area contributed by atoms with E-state index < -0.39 is 0 Å². The molecule has 1 aliphatic heterocycles. The smallest absolute Gasteiger partial charge is 0.275 e. The lowest BCUT2D eigenvalue weighted by atomic mass is 10.2. The van der Waals surface area contributed by atoms with E-state index in [0.717, 1.165) is 11.3 Å². The molecule has 2 aromatic rings. The molecule has 0 atom stereocenters. The molecule has 0 saturated heterocycles. The minimum absolute atomic E-state index is 0.112. The van der Waals surface area contributed by atoms with Crippen molar-refractivity contribution in [1.29, 1.82) is 0 Å². The molecule has 2 aromatic carbocycles. The predicted octanol–water partition coefficient (Wildman–Crippen LogP) is 4.70. The molecule has 1 N–H and O–H groups in total. The highest BCUT2D eigenvalue weighted by Crippen LogP contribution is 2.24. The Morgan fingerprint density at radius 1 is 1.12 bits per heavy atom. The van der Waals surface area contributed by atoms with E-state index >= 15 is 0 Å². The van der Waals surface area contributed by atoms with Crippen molar-refractivity contribution >= 4 is 41.0 Å².